The van der Waals surface area contributed by atoms with E-state index in [-0.39, 0.29) is 22.3 Å². The number of cyclic esters (lactones) is 4. The second-order valence-electron chi connectivity index (χ2n) is 5.60. The minimum Gasteiger partial charge on any atom is -0.386 e. The molecule has 0 saturated heterocycles. The highest BCUT2D eigenvalue weighted by molar-refractivity contribution is 6.32. The standard InChI is InChI=1S/C18H6O6/c19-15-10-5-7-3-1-2-4-8(7)9-6-11-13(17(21)23-16(11)20)14(12(9)10)18(22)24-15/h1-6H. The Morgan fingerprint density at radius 1 is 0.625 bits per heavy atom. The van der Waals surface area contributed by atoms with Crippen LogP contribution in [0.5, 0.6) is 0 Å². The second-order valence-corrected chi connectivity index (χ2v) is 5.60. The Hall–Kier alpha value is -3.54. The Morgan fingerprint density at radius 3 is 2.08 bits per heavy atom. The SMILES string of the molecule is O=C1OC(=O)c2c1cc1c3c(cc4ccccc41)C(=O)OC(=O)c23. The molecule has 3 aromatic rings. The molecule has 0 atom stereocenters. The van der Waals surface area contributed by atoms with Crippen LogP contribution in [0.3, 0.4) is 0 Å². The molecule has 0 amide bonds. The first-order valence-corrected chi connectivity index (χ1v) is 7.12. The maximum Gasteiger partial charge on any atom is 0.347 e. The van der Waals surface area contributed by atoms with Gasteiger partial charge in [0.2, 0.25) is 0 Å². The monoisotopic (exact) mass is 318 g/mol. The van der Waals surface area contributed by atoms with E-state index in [1.807, 2.05) is 24.3 Å². The molecular formula is C18H6O6. The summed E-state index contributed by atoms with van der Waals surface area (Å²) in [5.74, 6) is -3.44. The van der Waals surface area contributed by atoms with Crippen molar-refractivity contribution in [3.05, 3.63) is 58.7 Å². The van der Waals surface area contributed by atoms with E-state index in [9.17, 15) is 19.2 Å². The number of fused-ring (bicyclic) bond motifs is 4. The van der Waals surface area contributed by atoms with Gasteiger partial charge in [0.1, 0.15) is 0 Å². The molecule has 5 rings (SSSR count). The highest BCUT2D eigenvalue weighted by atomic mass is 16.6. The third-order valence-corrected chi connectivity index (χ3v) is 4.37. The van der Waals surface area contributed by atoms with E-state index in [2.05, 4.69) is 4.74 Å². The summed E-state index contributed by atoms with van der Waals surface area (Å²) in [6.07, 6.45) is 0. The molecule has 2 aliphatic heterocycles. The van der Waals surface area contributed by atoms with Crippen molar-refractivity contribution < 1.29 is 28.7 Å². The maximum absolute atomic E-state index is 12.3. The van der Waals surface area contributed by atoms with E-state index in [0.717, 1.165) is 10.8 Å². The number of hydrogen-bond donors (Lipinski definition) is 0. The average Bonchev–Trinajstić information content (AvgIpc) is 2.85. The van der Waals surface area contributed by atoms with Gasteiger partial charge in [-0.25, -0.2) is 19.2 Å². The Morgan fingerprint density at radius 2 is 1.29 bits per heavy atom. The Balaban J connectivity index is 2.13. The fourth-order valence-electron chi connectivity index (χ4n) is 3.39. The van der Waals surface area contributed by atoms with E-state index in [4.69, 9.17) is 4.74 Å². The zero-order chi connectivity index (χ0) is 16.6. The van der Waals surface area contributed by atoms with Crippen LogP contribution < -0.4 is 0 Å². The molecule has 0 bridgehead atoms. The van der Waals surface area contributed by atoms with Gasteiger partial charge in [-0.1, -0.05) is 24.3 Å². The third kappa shape index (κ3) is 1.40. The van der Waals surface area contributed by atoms with Gasteiger partial charge in [-0.3, -0.25) is 0 Å². The molecule has 0 saturated carbocycles. The molecule has 114 valence electrons. The fourth-order valence-corrected chi connectivity index (χ4v) is 3.39. The van der Waals surface area contributed by atoms with Crippen molar-refractivity contribution in [1.82, 2.24) is 0 Å². The molecule has 6 heteroatoms. The lowest BCUT2D eigenvalue weighted by atomic mass is 9.88. The van der Waals surface area contributed by atoms with Gasteiger partial charge in [-0.15, -0.1) is 0 Å². The molecule has 0 spiro atoms. The van der Waals surface area contributed by atoms with E-state index in [1.165, 1.54) is 6.07 Å². The van der Waals surface area contributed by atoms with Crippen molar-refractivity contribution in [3.8, 4) is 0 Å². The van der Waals surface area contributed by atoms with Crippen LogP contribution >= 0.6 is 0 Å². The largest absolute Gasteiger partial charge is 0.386 e. The number of carbonyl (C=O) groups excluding carboxylic acids is 4. The molecular weight excluding hydrogens is 312 g/mol. The Kier molecular flexibility index (Phi) is 2.19. The number of benzene rings is 3. The van der Waals surface area contributed by atoms with E-state index in [0.29, 0.717) is 10.8 Å². The molecule has 2 heterocycles. The van der Waals surface area contributed by atoms with E-state index >= 15 is 0 Å². The quantitative estimate of drug-likeness (QED) is 0.360. The minimum atomic E-state index is -0.948. The molecule has 0 aromatic heterocycles. The lowest BCUT2D eigenvalue weighted by molar-refractivity contribution is 0.0373. The molecule has 0 N–H and O–H groups in total. The molecule has 6 nitrogen and oxygen atoms in total. The first-order valence-electron chi connectivity index (χ1n) is 7.12. The van der Waals surface area contributed by atoms with Gasteiger partial charge < -0.3 is 9.47 Å². The number of carbonyl (C=O) groups is 4. The summed E-state index contributed by atoms with van der Waals surface area (Å²) in [7, 11) is 0. The van der Waals surface area contributed by atoms with Gasteiger partial charge >= 0.3 is 23.9 Å². The summed E-state index contributed by atoms with van der Waals surface area (Å²) in [5.41, 5.74) is -0.0235. The summed E-state index contributed by atoms with van der Waals surface area (Å²) in [6, 6.07) is 10.4. The normalized spacial score (nSPS) is 15.7. The van der Waals surface area contributed by atoms with Crippen LogP contribution in [0.25, 0.3) is 21.5 Å². The van der Waals surface area contributed by atoms with Gasteiger partial charge in [0.05, 0.1) is 22.3 Å². The van der Waals surface area contributed by atoms with E-state index in [1.54, 1.807) is 6.07 Å². The van der Waals surface area contributed by atoms with Gasteiger partial charge in [0.15, 0.2) is 0 Å². The number of rotatable bonds is 0. The first kappa shape index (κ1) is 13.0. The smallest absolute Gasteiger partial charge is 0.347 e. The van der Waals surface area contributed by atoms with Crippen LogP contribution in [0.1, 0.15) is 41.4 Å². The van der Waals surface area contributed by atoms with Crippen LogP contribution in [0.15, 0.2) is 36.4 Å². The summed E-state index contributed by atoms with van der Waals surface area (Å²) < 4.78 is 9.39. The highest BCUT2D eigenvalue weighted by Crippen LogP contribution is 2.39. The number of esters is 4. The zero-order valence-corrected chi connectivity index (χ0v) is 11.9. The Labute approximate surface area is 133 Å². The van der Waals surface area contributed by atoms with Crippen LogP contribution in [0, 0.1) is 0 Å². The first-order chi connectivity index (χ1) is 11.6. The van der Waals surface area contributed by atoms with Crippen molar-refractivity contribution in [2.45, 2.75) is 0 Å². The number of ether oxygens (including phenoxy) is 2. The van der Waals surface area contributed by atoms with Crippen LogP contribution in [0.2, 0.25) is 0 Å². The van der Waals surface area contributed by atoms with Gasteiger partial charge in [0.25, 0.3) is 0 Å². The zero-order valence-electron chi connectivity index (χ0n) is 11.9. The molecule has 3 aromatic carbocycles. The van der Waals surface area contributed by atoms with Gasteiger partial charge in [0, 0.05) is 5.39 Å². The predicted molar refractivity (Wildman–Crippen MR) is 80.9 cm³/mol. The predicted octanol–water partition coefficient (Wildman–Crippen LogP) is 2.61. The minimum absolute atomic E-state index is 0.0103. The molecule has 0 fully saturated rings. The summed E-state index contributed by atoms with van der Waals surface area (Å²) >= 11 is 0. The van der Waals surface area contributed by atoms with Crippen LogP contribution in [-0.2, 0) is 9.47 Å². The molecule has 0 unspecified atom stereocenters. The van der Waals surface area contributed by atoms with Gasteiger partial charge in [-0.2, -0.15) is 0 Å². The summed E-state index contributed by atoms with van der Waals surface area (Å²) in [4.78, 5) is 48.3. The van der Waals surface area contributed by atoms with Crippen molar-refractivity contribution in [1.29, 1.82) is 0 Å². The topological polar surface area (TPSA) is 86.7 Å². The lowest BCUT2D eigenvalue weighted by Crippen LogP contribution is -2.22. The second kappa shape index (κ2) is 4.05. The van der Waals surface area contributed by atoms with Crippen molar-refractivity contribution in [2.75, 3.05) is 0 Å². The van der Waals surface area contributed by atoms with Crippen LogP contribution in [0.4, 0.5) is 0 Å². The average molecular weight is 318 g/mol. The molecule has 0 radical (unpaired) electrons. The number of hydrogen-bond acceptors (Lipinski definition) is 6. The van der Waals surface area contributed by atoms with Gasteiger partial charge in [-0.05, 0) is 28.3 Å². The summed E-state index contributed by atoms with van der Waals surface area (Å²) in [5, 5.41) is 2.37. The Bertz CT molecular complexity index is 1170. The lowest BCUT2D eigenvalue weighted by Gasteiger charge is -2.18. The van der Waals surface area contributed by atoms with Crippen molar-refractivity contribution >= 4 is 45.4 Å². The van der Waals surface area contributed by atoms with Crippen molar-refractivity contribution in [2.24, 2.45) is 0 Å². The highest BCUT2D eigenvalue weighted by Gasteiger charge is 2.40. The fraction of sp³-hybridized carbons (Fsp3) is 0. The van der Waals surface area contributed by atoms with Crippen LogP contribution in [-0.4, -0.2) is 23.9 Å². The third-order valence-electron chi connectivity index (χ3n) is 4.37. The molecule has 24 heavy (non-hydrogen) atoms. The van der Waals surface area contributed by atoms with Crippen molar-refractivity contribution in [3.63, 3.8) is 0 Å². The molecule has 2 aliphatic rings. The molecule has 0 aliphatic carbocycles. The summed E-state index contributed by atoms with van der Waals surface area (Å²) in [6.45, 7) is 0. The van der Waals surface area contributed by atoms with E-state index < -0.39 is 23.9 Å². The maximum atomic E-state index is 12.3.